The molecule has 5 rings (SSSR count). The van der Waals surface area contributed by atoms with E-state index in [9.17, 15) is 4.79 Å². The molecule has 0 bridgehead atoms. The molecule has 1 aliphatic rings. The number of nitrogens with one attached hydrogen (secondary N) is 1. The number of carbonyl (C=O) groups is 1. The summed E-state index contributed by atoms with van der Waals surface area (Å²) in [5.74, 6) is 3.41. The lowest BCUT2D eigenvalue weighted by Crippen LogP contribution is -2.15. The van der Waals surface area contributed by atoms with Crippen LogP contribution in [0, 0.1) is 6.92 Å². The minimum Gasteiger partial charge on any atom is -0.497 e. The van der Waals surface area contributed by atoms with Gasteiger partial charge in [-0.1, -0.05) is 11.3 Å². The van der Waals surface area contributed by atoms with Crippen molar-refractivity contribution in [1.82, 2.24) is 14.8 Å². The van der Waals surface area contributed by atoms with E-state index in [0.29, 0.717) is 34.6 Å². The number of hydrogen-bond donors (Lipinski definition) is 1. The van der Waals surface area contributed by atoms with E-state index in [2.05, 4.69) is 15.4 Å². The fraction of sp³-hybridized carbons (Fsp3) is 0.227. The molecule has 0 atom stereocenters. The number of fused-ring (bicyclic) bond motifs is 2. The highest BCUT2D eigenvalue weighted by atomic mass is 32.2. The molecule has 1 N–H and O–H groups in total. The maximum absolute atomic E-state index is 12.6. The van der Waals surface area contributed by atoms with Crippen LogP contribution in [-0.2, 0) is 4.79 Å². The molecular formula is C22H20N4O4S2. The summed E-state index contributed by atoms with van der Waals surface area (Å²) in [6.45, 7) is 2.11. The first kappa shape index (κ1) is 20.7. The van der Waals surface area contributed by atoms with E-state index < -0.39 is 0 Å². The second-order valence-electron chi connectivity index (χ2n) is 7.07. The summed E-state index contributed by atoms with van der Waals surface area (Å²) in [6.07, 6.45) is 0.377. The first-order chi connectivity index (χ1) is 15.6. The Kier molecular flexibility index (Phi) is 5.62. The number of anilines is 1. The molecule has 3 heterocycles. The number of nitrogens with zero attached hydrogens (tertiary/aromatic N) is 3. The molecule has 2 aromatic heterocycles. The predicted octanol–water partition coefficient (Wildman–Crippen LogP) is 4.65. The van der Waals surface area contributed by atoms with Gasteiger partial charge in [-0.3, -0.25) is 4.79 Å². The molecule has 0 radical (unpaired) electrons. The van der Waals surface area contributed by atoms with Crippen LogP contribution in [0.4, 0.5) is 5.82 Å². The molecule has 1 aliphatic heterocycles. The van der Waals surface area contributed by atoms with Crippen LogP contribution in [0.5, 0.6) is 17.2 Å². The number of methoxy groups -OCH3 is 1. The Bertz CT molecular complexity index is 1240. The quantitative estimate of drug-likeness (QED) is 0.395. The summed E-state index contributed by atoms with van der Waals surface area (Å²) >= 11 is 3.10. The molecule has 0 saturated heterocycles. The number of benzene rings is 2. The molecule has 164 valence electrons. The number of aromatic nitrogens is 3. The van der Waals surface area contributed by atoms with E-state index in [4.69, 9.17) is 14.2 Å². The summed E-state index contributed by atoms with van der Waals surface area (Å²) in [5, 5.41) is 8.16. The zero-order chi connectivity index (χ0) is 22.1. The number of amides is 1. The summed E-state index contributed by atoms with van der Waals surface area (Å²) in [5.41, 5.74) is 1.59. The van der Waals surface area contributed by atoms with E-state index in [0.717, 1.165) is 26.6 Å². The minimum absolute atomic E-state index is 0.0750. The van der Waals surface area contributed by atoms with Crippen molar-refractivity contribution in [1.29, 1.82) is 0 Å². The van der Waals surface area contributed by atoms with Gasteiger partial charge in [0.15, 0.2) is 11.5 Å². The summed E-state index contributed by atoms with van der Waals surface area (Å²) in [7, 11) is 1.64. The molecule has 0 saturated carbocycles. The van der Waals surface area contributed by atoms with E-state index in [1.807, 2.05) is 49.4 Å². The first-order valence-electron chi connectivity index (χ1n) is 9.93. The highest BCUT2D eigenvalue weighted by Gasteiger charge is 2.19. The molecule has 4 aromatic rings. The van der Waals surface area contributed by atoms with Gasteiger partial charge in [-0.25, -0.2) is 4.98 Å². The van der Waals surface area contributed by atoms with E-state index in [1.165, 1.54) is 11.3 Å². The molecule has 8 nitrogen and oxygen atoms in total. The summed E-state index contributed by atoms with van der Waals surface area (Å²) < 4.78 is 18.7. The van der Waals surface area contributed by atoms with Crippen molar-refractivity contribution in [2.45, 2.75) is 18.2 Å². The van der Waals surface area contributed by atoms with Crippen molar-refractivity contribution in [3.63, 3.8) is 0 Å². The zero-order valence-corrected chi connectivity index (χ0v) is 19.1. The predicted molar refractivity (Wildman–Crippen MR) is 125 cm³/mol. The Morgan fingerprint density at radius 1 is 1.22 bits per heavy atom. The van der Waals surface area contributed by atoms with E-state index in [1.54, 1.807) is 23.6 Å². The molecular weight excluding hydrogens is 448 g/mol. The number of thioether (sulfide) groups is 1. The lowest BCUT2D eigenvalue weighted by atomic mass is 10.3. The number of hydrogen-bond acceptors (Lipinski definition) is 8. The second-order valence-corrected chi connectivity index (χ2v) is 9.25. The van der Waals surface area contributed by atoms with Crippen LogP contribution < -0.4 is 19.5 Å². The number of carbonyl (C=O) groups excluding carboxylic acids is 1. The Morgan fingerprint density at radius 3 is 2.78 bits per heavy atom. The third kappa shape index (κ3) is 4.23. The van der Waals surface area contributed by atoms with Crippen molar-refractivity contribution in [3.8, 4) is 22.4 Å². The molecule has 0 spiro atoms. The number of ether oxygens (including phenoxy) is 3. The van der Waals surface area contributed by atoms with Gasteiger partial charge in [0.1, 0.15) is 11.6 Å². The van der Waals surface area contributed by atoms with Crippen LogP contribution in [-0.4, -0.2) is 40.3 Å². The largest absolute Gasteiger partial charge is 0.497 e. The fourth-order valence-corrected chi connectivity index (χ4v) is 5.06. The normalized spacial score (nSPS) is 12.3. The van der Waals surface area contributed by atoms with Gasteiger partial charge in [0, 0.05) is 35.3 Å². The maximum atomic E-state index is 12.6. The van der Waals surface area contributed by atoms with Crippen LogP contribution in [0.15, 0.2) is 47.4 Å². The lowest BCUT2D eigenvalue weighted by Gasteiger charge is -2.07. The molecule has 32 heavy (non-hydrogen) atoms. The average molecular weight is 469 g/mol. The van der Waals surface area contributed by atoms with Gasteiger partial charge >= 0.3 is 0 Å². The van der Waals surface area contributed by atoms with E-state index >= 15 is 0 Å². The molecule has 2 aromatic carbocycles. The minimum atomic E-state index is -0.0750. The number of thiazole rings is 1. The molecule has 0 aliphatic carbocycles. The fourth-order valence-electron chi connectivity index (χ4n) is 3.27. The third-order valence-corrected chi connectivity index (χ3v) is 6.82. The van der Waals surface area contributed by atoms with Crippen LogP contribution >= 0.6 is 23.1 Å². The van der Waals surface area contributed by atoms with Gasteiger partial charge in [-0.2, -0.15) is 9.78 Å². The molecule has 0 unspecified atom stereocenters. The number of aryl methyl sites for hydroxylation is 1. The molecule has 1 amide bonds. The molecule has 10 heteroatoms. The van der Waals surface area contributed by atoms with Crippen molar-refractivity contribution < 1.29 is 19.0 Å². The summed E-state index contributed by atoms with van der Waals surface area (Å²) in [4.78, 5) is 18.3. The molecule has 0 fully saturated rings. The van der Waals surface area contributed by atoms with Crippen LogP contribution in [0.25, 0.3) is 15.3 Å². The first-order valence-corrected chi connectivity index (χ1v) is 11.7. The lowest BCUT2D eigenvalue weighted by molar-refractivity contribution is -0.115. The van der Waals surface area contributed by atoms with Gasteiger partial charge in [0.05, 0.1) is 23.0 Å². The van der Waals surface area contributed by atoms with Gasteiger partial charge in [0.25, 0.3) is 0 Å². The zero-order valence-electron chi connectivity index (χ0n) is 17.5. The van der Waals surface area contributed by atoms with Crippen LogP contribution in [0.1, 0.15) is 12.1 Å². The van der Waals surface area contributed by atoms with Gasteiger partial charge < -0.3 is 19.5 Å². The van der Waals surface area contributed by atoms with Crippen molar-refractivity contribution >= 4 is 45.0 Å². The highest BCUT2D eigenvalue weighted by Crippen LogP contribution is 2.39. The van der Waals surface area contributed by atoms with Crippen molar-refractivity contribution in [2.24, 2.45) is 0 Å². The summed E-state index contributed by atoms with van der Waals surface area (Å²) in [6, 6.07) is 13.4. The van der Waals surface area contributed by atoms with Crippen molar-refractivity contribution in [3.05, 3.63) is 48.2 Å². The standard InChI is InChI=1S/C22H20N4O4S2/c1-13-9-20(24-21(27)7-8-31-15-5-3-14(28-2)4-6-15)26(25-13)22-23-16-10-17-18(30-12-29-17)11-19(16)32-22/h3-6,9-11H,7-8,12H2,1-2H3,(H,24,27). The Hall–Kier alpha value is -3.24. The Labute approximate surface area is 192 Å². The third-order valence-electron chi connectivity index (χ3n) is 4.81. The topological polar surface area (TPSA) is 87.5 Å². The van der Waals surface area contributed by atoms with Crippen LogP contribution in [0.2, 0.25) is 0 Å². The van der Waals surface area contributed by atoms with Crippen molar-refractivity contribution in [2.75, 3.05) is 25.0 Å². The Morgan fingerprint density at radius 2 is 2.00 bits per heavy atom. The Balaban J connectivity index is 1.27. The van der Waals surface area contributed by atoms with Gasteiger partial charge in [0.2, 0.25) is 17.8 Å². The monoisotopic (exact) mass is 468 g/mol. The highest BCUT2D eigenvalue weighted by molar-refractivity contribution is 7.99. The smallest absolute Gasteiger partial charge is 0.231 e. The van der Waals surface area contributed by atoms with Gasteiger partial charge in [-0.05, 0) is 31.2 Å². The maximum Gasteiger partial charge on any atom is 0.231 e. The van der Waals surface area contributed by atoms with E-state index in [-0.39, 0.29) is 12.7 Å². The average Bonchev–Trinajstić information content (AvgIpc) is 3.50. The SMILES string of the molecule is COc1ccc(SCCC(=O)Nc2cc(C)nn2-c2nc3cc4c(cc3s2)OCO4)cc1. The van der Waals surface area contributed by atoms with Crippen LogP contribution in [0.3, 0.4) is 0 Å². The second kappa shape index (κ2) is 8.71. The van der Waals surface area contributed by atoms with Gasteiger partial charge in [-0.15, -0.1) is 11.8 Å². The number of rotatable bonds is 7.